The van der Waals surface area contributed by atoms with E-state index >= 15 is 0 Å². The highest BCUT2D eigenvalue weighted by molar-refractivity contribution is 5.92. The first-order chi connectivity index (χ1) is 14.8. The molecule has 31 heavy (non-hydrogen) atoms. The third-order valence-corrected chi connectivity index (χ3v) is 6.15. The van der Waals surface area contributed by atoms with Crippen LogP contribution in [0.25, 0.3) is 11.0 Å². The third-order valence-electron chi connectivity index (χ3n) is 6.15. The summed E-state index contributed by atoms with van der Waals surface area (Å²) in [6.45, 7) is 1.71. The number of fused-ring (bicyclic) bond motifs is 1. The summed E-state index contributed by atoms with van der Waals surface area (Å²) in [5.41, 5.74) is 1.64. The Kier molecular flexibility index (Phi) is 6.01. The van der Waals surface area contributed by atoms with Gasteiger partial charge in [-0.2, -0.15) is 5.26 Å². The number of piperidine rings is 2. The van der Waals surface area contributed by atoms with E-state index in [0.29, 0.717) is 34.6 Å². The molecule has 0 radical (unpaired) electrons. The number of alkyl halides is 2. The van der Waals surface area contributed by atoms with Gasteiger partial charge in [-0.05, 0) is 51.0 Å². The summed E-state index contributed by atoms with van der Waals surface area (Å²) in [5, 5.41) is 12.1. The first-order valence-corrected chi connectivity index (χ1v) is 10.6. The van der Waals surface area contributed by atoms with E-state index in [9.17, 15) is 18.8 Å². The monoisotopic (exact) mass is 428 g/mol. The van der Waals surface area contributed by atoms with Crippen molar-refractivity contribution in [3.8, 4) is 6.07 Å². The summed E-state index contributed by atoms with van der Waals surface area (Å²) in [7, 11) is 2.06. The van der Waals surface area contributed by atoms with Gasteiger partial charge in [-0.1, -0.05) is 0 Å². The van der Waals surface area contributed by atoms with Crippen LogP contribution in [0.5, 0.6) is 0 Å². The lowest BCUT2D eigenvalue weighted by Crippen LogP contribution is -2.55. The Morgan fingerprint density at radius 1 is 1.26 bits per heavy atom. The summed E-state index contributed by atoms with van der Waals surface area (Å²) in [6.07, 6.45) is 4.85. The molecule has 2 fully saturated rings. The molecule has 2 aliphatic heterocycles. The van der Waals surface area contributed by atoms with Crippen LogP contribution >= 0.6 is 0 Å². The lowest BCUT2D eigenvalue weighted by atomic mass is 9.93. The van der Waals surface area contributed by atoms with Crippen molar-refractivity contribution in [1.82, 2.24) is 20.2 Å². The van der Waals surface area contributed by atoms with Gasteiger partial charge in [0.05, 0.1) is 23.8 Å². The van der Waals surface area contributed by atoms with Crippen LogP contribution in [-0.4, -0.2) is 66.0 Å². The van der Waals surface area contributed by atoms with Gasteiger partial charge in [-0.25, -0.2) is 8.78 Å². The normalized spacial score (nSPS) is 22.3. The van der Waals surface area contributed by atoms with Gasteiger partial charge in [0.2, 0.25) is 5.91 Å². The minimum Gasteiger partial charge on any atom is -0.362 e. The fourth-order valence-electron chi connectivity index (χ4n) is 4.58. The third kappa shape index (κ3) is 4.90. The minimum absolute atomic E-state index is 0.165. The van der Waals surface area contributed by atoms with Crippen molar-refractivity contribution in [3.05, 3.63) is 30.1 Å². The SMILES string of the molecule is CN1CCC(CC(=O)N[C@@H]2CN(c3ccc(C#N)c4nccnc34)CC(F)(F)C2)CC1. The zero-order chi connectivity index (χ0) is 22.0. The maximum Gasteiger partial charge on any atom is 0.267 e. The molecule has 0 bridgehead atoms. The van der Waals surface area contributed by atoms with E-state index in [-0.39, 0.29) is 18.9 Å². The standard InChI is InChI=1S/C22H26F2N6O/c1-29-8-4-15(5-9-29)10-19(31)28-17-11-22(23,24)14-30(13-17)18-3-2-16(12-25)20-21(18)27-7-6-26-20/h2-3,6-7,15,17H,4-5,8-11,13-14H2,1H3,(H,28,31)/t17-/m0/s1. The van der Waals surface area contributed by atoms with E-state index in [2.05, 4.69) is 33.3 Å². The number of nitrogens with one attached hydrogen (secondary N) is 1. The highest BCUT2D eigenvalue weighted by atomic mass is 19.3. The van der Waals surface area contributed by atoms with Crippen LogP contribution < -0.4 is 10.2 Å². The number of carbonyl (C=O) groups is 1. The second-order valence-electron chi connectivity index (χ2n) is 8.65. The lowest BCUT2D eigenvalue weighted by molar-refractivity contribution is -0.123. The number of amides is 1. The average Bonchev–Trinajstić information content (AvgIpc) is 2.73. The van der Waals surface area contributed by atoms with Gasteiger partial charge in [-0.3, -0.25) is 14.8 Å². The van der Waals surface area contributed by atoms with E-state index in [4.69, 9.17) is 0 Å². The number of halogens is 2. The van der Waals surface area contributed by atoms with Crippen molar-refractivity contribution < 1.29 is 13.6 Å². The van der Waals surface area contributed by atoms with E-state index in [1.165, 1.54) is 12.4 Å². The summed E-state index contributed by atoms with van der Waals surface area (Å²) >= 11 is 0. The molecule has 7 nitrogen and oxygen atoms in total. The molecule has 0 saturated carbocycles. The maximum atomic E-state index is 14.6. The van der Waals surface area contributed by atoms with Crippen LogP contribution in [0.3, 0.4) is 0 Å². The summed E-state index contributed by atoms with van der Waals surface area (Å²) < 4.78 is 29.2. The zero-order valence-corrected chi connectivity index (χ0v) is 17.5. The average molecular weight is 428 g/mol. The molecule has 1 aromatic heterocycles. The first-order valence-electron chi connectivity index (χ1n) is 10.6. The summed E-state index contributed by atoms with van der Waals surface area (Å²) in [6, 6.07) is 4.61. The highest BCUT2D eigenvalue weighted by Gasteiger charge is 2.41. The molecule has 0 unspecified atom stereocenters. The molecule has 2 saturated heterocycles. The Hall–Kier alpha value is -2.86. The molecule has 4 rings (SSSR count). The van der Waals surface area contributed by atoms with E-state index in [1.54, 1.807) is 17.0 Å². The quantitative estimate of drug-likeness (QED) is 0.806. The van der Waals surface area contributed by atoms with Crippen molar-refractivity contribution in [2.75, 3.05) is 38.1 Å². The Balaban J connectivity index is 1.50. The number of likely N-dealkylation sites (tertiary alicyclic amines) is 1. The molecular formula is C22H26F2N6O. The molecule has 3 heterocycles. The predicted octanol–water partition coefficient (Wildman–Crippen LogP) is 2.56. The van der Waals surface area contributed by atoms with Crippen LogP contribution in [0.4, 0.5) is 14.5 Å². The fourth-order valence-corrected chi connectivity index (χ4v) is 4.58. The van der Waals surface area contributed by atoms with Crippen molar-refractivity contribution in [1.29, 1.82) is 5.26 Å². The first kappa shape index (κ1) is 21.4. The molecule has 1 atom stereocenters. The summed E-state index contributed by atoms with van der Waals surface area (Å²) in [4.78, 5) is 24.8. The van der Waals surface area contributed by atoms with Gasteiger partial charge in [0.1, 0.15) is 17.1 Å². The molecule has 164 valence electrons. The van der Waals surface area contributed by atoms with Crippen LogP contribution in [0.15, 0.2) is 24.5 Å². The minimum atomic E-state index is -2.95. The number of aromatic nitrogens is 2. The number of carbonyl (C=O) groups excluding carboxylic acids is 1. The molecule has 0 spiro atoms. The number of nitriles is 1. The van der Waals surface area contributed by atoms with Crippen LogP contribution in [-0.2, 0) is 4.79 Å². The molecular weight excluding hydrogens is 402 g/mol. The van der Waals surface area contributed by atoms with Gasteiger partial charge >= 0.3 is 0 Å². The molecule has 9 heteroatoms. The highest BCUT2D eigenvalue weighted by Crippen LogP contribution is 2.34. The van der Waals surface area contributed by atoms with Gasteiger partial charge in [0.25, 0.3) is 5.92 Å². The Morgan fingerprint density at radius 2 is 1.97 bits per heavy atom. The van der Waals surface area contributed by atoms with Crippen LogP contribution in [0, 0.1) is 17.2 Å². The number of rotatable bonds is 4. The van der Waals surface area contributed by atoms with Gasteiger partial charge in [-0.15, -0.1) is 0 Å². The molecule has 1 N–H and O–H groups in total. The molecule has 2 aliphatic rings. The number of benzene rings is 1. The van der Waals surface area contributed by atoms with Crippen molar-refractivity contribution in [2.45, 2.75) is 37.6 Å². The Morgan fingerprint density at radius 3 is 2.68 bits per heavy atom. The number of nitrogens with zero attached hydrogens (tertiary/aromatic N) is 5. The fraction of sp³-hybridized carbons (Fsp3) is 0.545. The second kappa shape index (κ2) is 8.71. The molecule has 1 aromatic carbocycles. The molecule has 1 amide bonds. The lowest BCUT2D eigenvalue weighted by Gasteiger charge is -2.39. The summed E-state index contributed by atoms with van der Waals surface area (Å²) in [5.74, 6) is -2.82. The number of anilines is 1. The van der Waals surface area contributed by atoms with Gasteiger partial charge in [0.15, 0.2) is 0 Å². The topological polar surface area (TPSA) is 85.2 Å². The number of hydrogen-bond acceptors (Lipinski definition) is 6. The maximum absolute atomic E-state index is 14.6. The molecule has 0 aliphatic carbocycles. The Labute approximate surface area is 180 Å². The van der Waals surface area contributed by atoms with Gasteiger partial charge in [0, 0.05) is 31.8 Å². The Bertz CT molecular complexity index is 999. The zero-order valence-electron chi connectivity index (χ0n) is 17.5. The second-order valence-corrected chi connectivity index (χ2v) is 8.65. The number of hydrogen-bond donors (Lipinski definition) is 1. The largest absolute Gasteiger partial charge is 0.362 e. The van der Waals surface area contributed by atoms with E-state index in [0.717, 1.165) is 25.9 Å². The molecule has 2 aromatic rings. The van der Waals surface area contributed by atoms with Crippen molar-refractivity contribution >= 4 is 22.6 Å². The predicted molar refractivity (Wildman–Crippen MR) is 113 cm³/mol. The smallest absolute Gasteiger partial charge is 0.267 e. The van der Waals surface area contributed by atoms with Gasteiger partial charge < -0.3 is 15.1 Å². The van der Waals surface area contributed by atoms with Crippen LogP contribution in [0.2, 0.25) is 0 Å². The van der Waals surface area contributed by atoms with Crippen LogP contribution in [0.1, 0.15) is 31.2 Å². The van der Waals surface area contributed by atoms with E-state index < -0.39 is 18.5 Å². The van der Waals surface area contributed by atoms with Crippen molar-refractivity contribution in [3.63, 3.8) is 0 Å². The van der Waals surface area contributed by atoms with E-state index in [1.807, 2.05) is 0 Å². The van der Waals surface area contributed by atoms with Crippen molar-refractivity contribution in [2.24, 2.45) is 5.92 Å².